The summed E-state index contributed by atoms with van der Waals surface area (Å²) < 4.78 is 12.0. The molecular formula is C17H23N3O4. The lowest BCUT2D eigenvalue weighted by atomic mass is 10.2. The van der Waals surface area contributed by atoms with E-state index in [0.717, 1.165) is 38.4 Å². The summed E-state index contributed by atoms with van der Waals surface area (Å²) in [5.41, 5.74) is 1.26. The first kappa shape index (κ1) is 16.7. The maximum absolute atomic E-state index is 12.1. The molecule has 7 nitrogen and oxygen atoms in total. The fourth-order valence-corrected chi connectivity index (χ4v) is 3.00. The van der Waals surface area contributed by atoms with Gasteiger partial charge in [0.25, 0.3) is 0 Å². The molecule has 3 rings (SSSR count). The number of morpholine rings is 1. The van der Waals surface area contributed by atoms with E-state index >= 15 is 0 Å². The number of hydrogen-bond donors (Lipinski definition) is 1. The molecule has 0 spiro atoms. The van der Waals surface area contributed by atoms with Crippen LogP contribution < -0.4 is 11.1 Å². The van der Waals surface area contributed by atoms with Crippen molar-refractivity contribution in [3.8, 4) is 0 Å². The lowest BCUT2D eigenvalue weighted by molar-refractivity contribution is -0.122. The van der Waals surface area contributed by atoms with Gasteiger partial charge in [0, 0.05) is 38.6 Å². The van der Waals surface area contributed by atoms with E-state index < -0.39 is 5.76 Å². The Labute approximate surface area is 140 Å². The molecule has 1 saturated heterocycles. The summed E-state index contributed by atoms with van der Waals surface area (Å²) in [4.78, 5) is 26.3. The molecule has 1 aromatic heterocycles. The van der Waals surface area contributed by atoms with Gasteiger partial charge >= 0.3 is 5.76 Å². The molecule has 0 aliphatic carbocycles. The van der Waals surface area contributed by atoms with Crippen molar-refractivity contribution in [1.82, 2.24) is 14.8 Å². The number of hydrogen-bond acceptors (Lipinski definition) is 5. The average Bonchev–Trinajstić information content (AvgIpc) is 2.89. The molecule has 7 heteroatoms. The van der Waals surface area contributed by atoms with Gasteiger partial charge in [-0.05, 0) is 19.1 Å². The van der Waals surface area contributed by atoms with Gasteiger partial charge in [-0.1, -0.05) is 12.1 Å². The Kier molecular flexibility index (Phi) is 5.32. The second kappa shape index (κ2) is 7.63. The quantitative estimate of drug-likeness (QED) is 0.847. The maximum atomic E-state index is 12.1. The van der Waals surface area contributed by atoms with Gasteiger partial charge in [0.05, 0.1) is 18.7 Å². The highest BCUT2D eigenvalue weighted by Crippen LogP contribution is 2.12. The van der Waals surface area contributed by atoms with E-state index in [9.17, 15) is 9.59 Å². The number of carbonyl (C=O) groups excluding carboxylic acids is 1. The molecule has 0 unspecified atom stereocenters. The van der Waals surface area contributed by atoms with Crippen molar-refractivity contribution < 1.29 is 13.9 Å². The number of carbonyl (C=O) groups is 1. The van der Waals surface area contributed by atoms with Crippen LogP contribution in [0.25, 0.3) is 11.1 Å². The van der Waals surface area contributed by atoms with Crippen LogP contribution in [0.4, 0.5) is 0 Å². The van der Waals surface area contributed by atoms with Gasteiger partial charge in [0.15, 0.2) is 5.58 Å². The zero-order valence-electron chi connectivity index (χ0n) is 13.9. The average molecular weight is 333 g/mol. The number of nitrogens with zero attached hydrogens (tertiary/aromatic N) is 2. The normalized spacial score (nSPS) is 17.0. The van der Waals surface area contributed by atoms with Crippen molar-refractivity contribution in [2.24, 2.45) is 0 Å². The Morgan fingerprint density at radius 1 is 1.29 bits per heavy atom. The highest BCUT2D eigenvalue weighted by molar-refractivity contribution is 5.77. The highest BCUT2D eigenvalue weighted by atomic mass is 16.5. The molecule has 1 N–H and O–H groups in total. The Bertz CT molecular complexity index is 746. The van der Waals surface area contributed by atoms with Crippen molar-refractivity contribution >= 4 is 17.0 Å². The van der Waals surface area contributed by atoms with E-state index in [1.807, 2.05) is 25.1 Å². The second-order valence-corrected chi connectivity index (χ2v) is 6.12. The summed E-state index contributed by atoms with van der Waals surface area (Å²) in [7, 11) is 0. The molecule has 0 radical (unpaired) electrons. The zero-order valence-corrected chi connectivity index (χ0v) is 13.9. The molecule has 0 bridgehead atoms. The van der Waals surface area contributed by atoms with Crippen LogP contribution in [0.15, 0.2) is 33.5 Å². The predicted octanol–water partition coefficient (Wildman–Crippen LogP) is 0.821. The lowest BCUT2D eigenvalue weighted by Crippen LogP contribution is -2.46. The third kappa shape index (κ3) is 4.04. The fourth-order valence-electron chi connectivity index (χ4n) is 3.00. The highest BCUT2D eigenvalue weighted by Gasteiger charge is 2.16. The van der Waals surface area contributed by atoms with Gasteiger partial charge in [-0.25, -0.2) is 4.79 Å². The SMILES string of the molecule is C[C@@H](CN1CCOCC1)NC(=O)CCn1c(=O)oc2ccccc21. The van der Waals surface area contributed by atoms with Crippen LogP contribution in [0.3, 0.4) is 0 Å². The van der Waals surface area contributed by atoms with Gasteiger partial charge in [0.2, 0.25) is 5.91 Å². The van der Waals surface area contributed by atoms with Crippen molar-refractivity contribution in [3.05, 3.63) is 34.8 Å². The summed E-state index contributed by atoms with van der Waals surface area (Å²) in [6.07, 6.45) is 0.247. The van der Waals surface area contributed by atoms with Gasteiger partial charge in [-0.15, -0.1) is 0 Å². The molecule has 1 amide bonds. The first-order chi connectivity index (χ1) is 11.6. The number of benzene rings is 1. The van der Waals surface area contributed by atoms with Gasteiger partial charge in [0.1, 0.15) is 0 Å². The van der Waals surface area contributed by atoms with Crippen LogP contribution in [0, 0.1) is 0 Å². The maximum Gasteiger partial charge on any atom is 0.419 e. The van der Waals surface area contributed by atoms with Gasteiger partial charge in [-0.3, -0.25) is 14.3 Å². The third-order valence-electron chi connectivity index (χ3n) is 4.18. The van der Waals surface area contributed by atoms with Gasteiger partial charge < -0.3 is 14.5 Å². The molecule has 1 fully saturated rings. The summed E-state index contributed by atoms with van der Waals surface area (Å²) in [6.45, 7) is 6.41. The Balaban J connectivity index is 1.51. The number of oxazole rings is 1. The number of aromatic nitrogens is 1. The van der Waals surface area contributed by atoms with Crippen molar-refractivity contribution in [1.29, 1.82) is 0 Å². The minimum Gasteiger partial charge on any atom is -0.408 e. The standard InChI is InChI=1S/C17H23N3O4/c1-13(12-19-8-10-23-11-9-19)18-16(21)6-7-20-14-4-2-3-5-15(14)24-17(20)22/h2-5,13H,6-12H2,1H3,(H,18,21)/t13-/m0/s1. The minimum absolute atomic E-state index is 0.0621. The van der Waals surface area contributed by atoms with Crippen molar-refractivity contribution in [3.63, 3.8) is 0 Å². The molecule has 1 aliphatic rings. The summed E-state index contributed by atoms with van der Waals surface area (Å²) in [6, 6.07) is 7.29. The summed E-state index contributed by atoms with van der Waals surface area (Å²) in [5.74, 6) is -0.488. The molecule has 1 aliphatic heterocycles. The molecule has 1 atom stereocenters. The van der Waals surface area contributed by atoms with Crippen LogP contribution in [-0.4, -0.2) is 54.3 Å². The van der Waals surface area contributed by atoms with Crippen LogP contribution in [0.2, 0.25) is 0 Å². The Morgan fingerprint density at radius 3 is 2.83 bits per heavy atom. The lowest BCUT2D eigenvalue weighted by Gasteiger charge is -2.29. The van der Waals surface area contributed by atoms with E-state index in [2.05, 4.69) is 10.2 Å². The number of rotatable bonds is 6. The van der Waals surface area contributed by atoms with Crippen molar-refractivity contribution in [2.45, 2.75) is 25.9 Å². The van der Waals surface area contributed by atoms with Crippen LogP contribution in [0.5, 0.6) is 0 Å². The number of ether oxygens (including phenoxy) is 1. The third-order valence-corrected chi connectivity index (χ3v) is 4.18. The summed E-state index contributed by atoms with van der Waals surface area (Å²) >= 11 is 0. The smallest absolute Gasteiger partial charge is 0.408 e. The van der Waals surface area contributed by atoms with E-state index in [4.69, 9.17) is 9.15 Å². The topological polar surface area (TPSA) is 76.7 Å². The second-order valence-electron chi connectivity index (χ2n) is 6.12. The molecule has 2 heterocycles. The number of aryl methyl sites for hydroxylation is 1. The molecule has 0 saturated carbocycles. The van der Waals surface area contributed by atoms with E-state index in [1.54, 1.807) is 6.07 Å². The summed E-state index contributed by atoms with van der Waals surface area (Å²) in [5, 5.41) is 2.99. The number of amides is 1. The minimum atomic E-state index is -0.426. The molecular weight excluding hydrogens is 310 g/mol. The van der Waals surface area contributed by atoms with Crippen LogP contribution in [-0.2, 0) is 16.1 Å². The zero-order chi connectivity index (χ0) is 16.9. The van der Waals surface area contributed by atoms with Crippen LogP contribution in [0.1, 0.15) is 13.3 Å². The van der Waals surface area contributed by atoms with E-state index in [0.29, 0.717) is 12.1 Å². The number of para-hydroxylation sites is 2. The first-order valence-electron chi connectivity index (χ1n) is 8.31. The van der Waals surface area contributed by atoms with E-state index in [-0.39, 0.29) is 18.4 Å². The van der Waals surface area contributed by atoms with E-state index in [1.165, 1.54) is 4.57 Å². The number of nitrogens with one attached hydrogen (secondary N) is 1. The van der Waals surface area contributed by atoms with Gasteiger partial charge in [-0.2, -0.15) is 0 Å². The first-order valence-corrected chi connectivity index (χ1v) is 8.31. The monoisotopic (exact) mass is 333 g/mol. The fraction of sp³-hybridized carbons (Fsp3) is 0.529. The predicted molar refractivity (Wildman–Crippen MR) is 90.0 cm³/mol. The van der Waals surface area contributed by atoms with Crippen LogP contribution >= 0.6 is 0 Å². The Hall–Kier alpha value is -2.12. The van der Waals surface area contributed by atoms with Crippen molar-refractivity contribution in [2.75, 3.05) is 32.8 Å². The molecule has 1 aromatic carbocycles. The largest absolute Gasteiger partial charge is 0.419 e. The molecule has 2 aromatic rings. The molecule has 24 heavy (non-hydrogen) atoms. The number of fused-ring (bicyclic) bond motifs is 1. The Morgan fingerprint density at radius 2 is 2.04 bits per heavy atom. The molecule has 130 valence electrons.